The number of allylic oxidation sites excluding steroid dienone is 4. The molecule has 0 aromatic carbocycles. The predicted octanol–water partition coefficient (Wildman–Crippen LogP) is 3.27. The van der Waals surface area contributed by atoms with Gasteiger partial charge in [-0.05, 0) is 65.2 Å². The molecule has 6 nitrogen and oxygen atoms in total. The van der Waals surface area contributed by atoms with E-state index in [1.807, 2.05) is 26.0 Å². The summed E-state index contributed by atoms with van der Waals surface area (Å²) in [5, 5.41) is 39.8. The highest BCUT2D eigenvalue weighted by Crippen LogP contribution is 2.18. The van der Waals surface area contributed by atoms with Gasteiger partial charge in [-0.25, -0.2) is 0 Å². The first-order chi connectivity index (χ1) is 13.9. The first kappa shape index (κ1) is 27.8. The lowest BCUT2D eigenvalue weighted by atomic mass is 10.1. The Kier molecular flexibility index (Phi) is 16.9. The fourth-order valence-corrected chi connectivity index (χ4v) is 3.84. The van der Waals surface area contributed by atoms with Crippen LogP contribution >= 0.6 is 0 Å². The fourth-order valence-electron chi connectivity index (χ4n) is 3.84. The molecule has 0 fully saturated rings. The van der Waals surface area contributed by atoms with E-state index in [4.69, 9.17) is 5.11 Å². The molecule has 0 aliphatic carbocycles. The number of hydrogen-bond donors (Lipinski definition) is 4. The molecule has 0 heterocycles. The van der Waals surface area contributed by atoms with E-state index in [9.17, 15) is 20.1 Å². The molecule has 0 rings (SSSR count). The van der Waals surface area contributed by atoms with E-state index in [2.05, 4.69) is 12.2 Å². The maximum absolute atomic E-state index is 10.8. The SMILES string of the molecule is C/C=C/CCCC(O)C[N+](CCO)(CCCCC(=O)O)CC(O)CCC/C=C/C. The van der Waals surface area contributed by atoms with E-state index in [1.165, 1.54) is 0 Å². The van der Waals surface area contributed by atoms with Crippen LogP contribution in [-0.2, 0) is 4.79 Å². The molecular weight excluding hydrogens is 370 g/mol. The zero-order chi connectivity index (χ0) is 22.0. The fraction of sp³-hybridized carbons (Fsp3) is 0.783. The van der Waals surface area contributed by atoms with Crippen molar-refractivity contribution in [3.63, 3.8) is 0 Å². The van der Waals surface area contributed by atoms with Crippen LogP contribution in [0, 0.1) is 0 Å². The zero-order valence-electron chi connectivity index (χ0n) is 18.5. The Hall–Kier alpha value is -1.21. The lowest BCUT2D eigenvalue weighted by Crippen LogP contribution is -2.57. The molecule has 0 aliphatic heterocycles. The van der Waals surface area contributed by atoms with Crippen molar-refractivity contribution in [2.24, 2.45) is 0 Å². The highest BCUT2D eigenvalue weighted by atomic mass is 16.4. The topological polar surface area (TPSA) is 98.0 Å². The first-order valence-corrected chi connectivity index (χ1v) is 11.1. The molecule has 170 valence electrons. The van der Waals surface area contributed by atoms with Crippen molar-refractivity contribution < 1.29 is 29.7 Å². The van der Waals surface area contributed by atoms with Crippen LogP contribution < -0.4 is 0 Å². The second-order valence-corrected chi connectivity index (χ2v) is 8.04. The highest BCUT2D eigenvalue weighted by Gasteiger charge is 2.32. The van der Waals surface area contributed by atoms with Crippen LogP contribution in [0.15, 0.2) is 24.3 Å². The number of carboxylic acid groups (broad SMARTS) is 1. The Labute approximate surface area is 177 Å². The van der Waals surface area contributed by atoms with Gasteiger partial charge in [0.1, 0.15) is 31.8 Å². The van der Waals surface area contributed by atoms with Crippen LogP contribution in [-0.4, -0.2) is 75.9 Å². The maximum atomic E-state index is 10.8. The summed E-state index contributed by atoms with van der Waals surface area (Å²) in [6.45, 7) is 6.03. The summed E-state index contributed by atoms with van der Waals surface area (Å²) in [5.74, 6) is -0.807. The van der Waals surface area contributed by atoms with Gasteiger partial charge in [-0.3, -0.25) is 4.79 Å². The number of carbonyl (C=O) groups is 1. The van der Waals surface area contributed by atoms with Crippen molar-refractivity contribution in [1.29, 1.82) is 0 Å². The van der Waals surface area contributed by atoms with E-state index in [0.29, 0.717) is 56.3 Å². The monoisotopic (exact) mass is 414 g/mol. The zero-order valence-corrected chi connectivity index (χ0v) is 18.5. The number of rotatable bonds is 19. The molecule has 29 heavy (non-hydrogen) atoms. The average Bonchev–Trinajstić information content (AvgIpc) is 2.66. The lowest BCUT2D eigenvalue weighted by molar-refractivity contribution is -0.934. The summed E-state index contributed by atoms with van der Waals surface area (Å²) in [7, 11) is 0. The van der Waals surface area contributed by atoms with Gasteiger partial charge >= 0.3 is 5.97 Å². The Morgan fingerprint density at radius 3 is 1.79 bits per heavy atom. The Morgan fingerprint density at radius 1 is 0.862 bits per heavy atom. The Balaban J connectivity index is 4.97. The molecule has 0 aromatic rings. The summed E-state index contributed by atoms with van der Waals surface area (Å²) in [5.41, 5.74) is 0. The summed E-state index contributed by atoms with van der Waals surface area (Å²) in [4.78, 5) is 10.8. The average molecular weight is 415 g/mol. The molecule has 2 unspecified atom stereocenters. The van der Waals surface area contributed by atoms with Crippen LogP contribution in [0.1, 0.15) is 71.6 Å². The summed E-state index contributed by atoms with van der Waals surface area (Å²) in [6, 6.07) is 0. The molecule has 0 amide bonds. The Bertz CT molecular complexity index is 438. The van der Waals surface area contributed by atoms with Gasteiger partial charge < -0.3 is 24.9 Å². The third-order valence-corrected chi connectivity index (χ3v) is 5.33. The number of aliphatic hydroxyl groups excluding tert-OH is 3. The Morgan fingerprint density at radius 2 is 1.38 bits per heavy atom. The van der Waals surface area contributed by atoms with Gasteiger partial charge in [-0.1, -0.05) is 24.3 Å². The number of aliphatic carboxylic acids is 1. The minimum Gasteiger partial charge on any atom is -0.481 e. The van der Waals surface area contributed by atoms with Gasteiger partial charge in [0, 0.05) is 6.42 Å². The molecule has 0 bridgehead atoms. The van der Waals surface area contributed by atoms with E-state index in [1.54, 1.807) is 0 Å². The van der Waals surface area contributed by atoms with Gasteiger partial charge in [0.05, 0.1) is 13.2 Å². The standard InChI is InChI=1S/C23H43NO5/c1-3-5-7-9-13-21(26)19-24(17-18-25,16-12-11-15-23(28)29)20-22(27)14-10-8-6-4-2/h3-6,21-22,25-27H,7-20H2,1-2H3/p+1/b5-3+,6-4+. The van der Waals surface area contributed by atoms with Gasteiger partial charge in [0.25, 0.3) is 0 Å². The second kappa shape index (κ2) is 17.6. The molecule has 6 heteroatoms. The van der Waals surface area contributed by atoms with Crippen LogP contribution in [0.4, 0.5) is 0 Å². The molecule has 0 saturated heterocycles. The number of nitrogens with zero attached hydrogens (tertiary/aromatic N) is 1. The number of carboxylic acids is 1. The van der Waals surface area contributed by atoms with Crippen molar-refractivity contribution in [2.45, 2.75) is 83.8 Å². The van der Waals surface area contributed by atoms with Crippen LogP contribution in [0.2, 0.25) is 0 Å². The van der Waals surface area contributed by atoms with Gasteiger partial charge in [-0.15, -0.1) is 0 Å². The molecular formula is C23H44NO5+. The van der Waals surface area contributed by atoms with Gasteiger partial charge in [0.2, 0.25) is 0 Å². The third kappa shape index (κ3) is 15.3. The third-order valence-electron chi connectivity index (χ3n) is 5.33. The summed E-state index contributed by atoms with van der Waals surface area (Å²) >= 11 is 0. The minimum atomic E-state index is -0.807. The molecule has 4 N–H and O–H groups in total. The number of hydrogen-bond acceptors (Lipinski definition) is 4. The van der Waals surface area contributed by atoms with Crippen molar-refractivity contribution in [3.05, 3.63) is 24.3 Å². The largest absolute Gasteiger partial charge is 0.481 e. The van der Waals surface area contributed by atoms with Crippen molar-refractivity contribution in [2.75, 3.05) is 32.8 Å². The van der Waals surface area contributed by atoms with E-state index < -0.39 is 18.2 Å². The van der Waals surface area contributed by atoms with Crippen LogP contribution in [0.25, 0.3) is 0 Å². The number of quaternary nitrogens is 1. The van der Waals surface area contributed by atoms with Crippen LogP contribution in [0.5, 0.6) is 0 Å². The molecule has 0 saturated carbocycles. The van der Waals surface area contributed by atoms with Crippen LogP contribution in [0.3, 0.4) is 0 Å². The maximum Gasteiger partial charge on any atom is 0.303 e. The molecule has 0 radical (unpaired) electrons. The first-order valence-electron chi connectivity index (χ1n) is 11.1. The highest BCUT2D eigenvalue weighted by molar-refractivity contribution is 5.66. The number of aliphatic hydroxyl groups is 3. The number of unbranched alkanes of at least 4 members (excludes halogenated alkanes) is 3. The van der Waals surface area contributed by atoms with E-state index >= 15 is 0 Å². The molecule has 0 aliphatic rings. The van der Waals surface area contributed by atoms with Crippen molar-refractivity contribution in [3.8, 4) is 0 Å². The van der Waals surface area contributed by atoms with E-state index in [0.717, 1.165) is 25.7 Å². The van der Waals surface area contributed by atoms with Crippen molar-refractivity contribution >= 4 is 5.97 Å². The summed E-state index contributed by atoms with van der Waals surface area (Å²) < 4.78 is 0.436. The van der Waals surface area contributed by atoms with Gasteiger partial charge in [-0.2, -0.15) is 0 Å². The van der Waals surface area contributed by atoms with Gasteiger partial charge in [0.15, 0.2) is 0 Å². The molecule has 0 aromatic heterocycles. The van der Waals surface area contributed by atoms with Crippen molar-refractivity contribution in [1.82, 2.24) is 0 Å². The molecule has 0 spiro atoms. The smallest absolute Gasteiger partial charge is 0.303 e. The minimum absolute atomic E-state index is 0.0183. The quantitative estimate of drug-likeness (QED) is 0.148. The predicted molar refractivity (Wildman–Crippen MR) is 118 cm³/mol. The second-order valence-electron chi connectivity index (χ2n) is 8.04. The van der Waals surface area contributed by atoms with E-state index in [-0.39, 0.29) is 13.0 Å². The molecule has 2 atom stereocenters. The summed E-state index contributed by atoms with van der Waals surface area (Å²) in [6.07, 6.45) is 13.6. The normalized spacial score (nSPS) is 16.3. The lowest BCUT2D eigenvalue weighted by Gasteiger charge is -2.41.